The molecular weight excluding hydrogens is 252 g/mol. The van der Waals surface area contributed by atoms with Gasteiger partial charge in [0.1, 0.15) is 10.5 Å². The van der Waals surface area contributed by atoms with Crippen LogP contribution in [0.25, 0.3) is 0 Å². The third kappa shape index (κ3) is 2.03. The second kappa shape index (κ2) is 4.09. The van der Waals surface area contributed by atoms with Gasteiger partial charge >= 0.3 is 0 Å². The molecular formula is C13H16O4S. The summed E-state index contributed by atoms with van der Waals surface area (Å²) < 4.78 is 27.3. The summed E-state index contributed by atoms with van der Waals surface area (Å²) in [6, 6.07) is 5.09. The lowest BCUT2D eigenvalue weighted by molar-refractivity contribution is 0.0954. The van der Waals surface area contributed by atoms with E-state index in [2.05, 4.69) is 0 Å². The van der Waals surface area contributed by atoms with E-state index < -0.39 is 14.6 Å². The first-order valence-corrected chi connectivity index (χ1v) is 7.63. The van der Waals surface area contributed by atoms with Gasteiger partial charge in [0.15, 0.2) is 15.6 Å². The number of fused-ring (bicyclic) bond motifs is 1. The van der Waals surface area contributed by atoms with Crippen molar-refractivity contribution < 1.29 is 17.9 Å². The van der Waals surface area contributed by atoms with E-state index >= 15 is 0 Å². The third-order valence-electron chi connectivity index (χ3n) is 3.43. The minimum absolute atomic E-state index is 0.375. The van der Waals surface area contributed by atoms with Gasteiger partial charge in [0.25, 0.3) is 0 Å². The van der Waals surface area contributed by atoms with E-state index in [-0.39, 0.29) is 5.78 Å². The molecule has 0 unspecified atom stereocenters. The van der Waals surface area contributed by atoms with Crippen molar-refractivity contribution in [2.45, 2.75) is 25.0 Å². The fraction of sp³-hybridized carbons (Fsp3) is 0.462. The van der Waals surface area contributed by atoms with Gasteiger partial charge in [0.2, 0.25) is 0 Å². The lowest BCUT2D eigenvalue weighted by Gasteiger charge is -2.21. The minimum atomic E-state index is -3.44. The Morgan fingerprint density at radius 2 is 2.00 bits per heavy atom. The molecule has 1 aliphatic rings. The number of Topliss-reactive ketones (excluding diaryl/α,β-unsaturated/α-hetero) is 1. The molecule has 0 atom stereocenters. The van der Waals surface area contributed by atoms with Crippen LogP contribution in [0.1, 0.15) is 29.8 Å². The Labute approximate surface area is 107 Å². The maximum absolute atomic E-state index is 12.3. The maximum atomic E-state index is 12.3. The molecule has 1 aromatic rings. The van der Waals surface area contributed by atoms with E-state index in [4.69, 9.17) is 4.74 Å². The molecule has 4 nitrogen and oxygen atoms in total. The van der Waals surface area contributed by atoms with E-state index in [9.17, 15) is 13.2 Å². The van der Waals surface area contributed by atoms with Crippen LogP contribution in [0.5, 0.6) is 5.75 Å². The molecule has 0 aromatic heterocycles. The fourth-order valence-electron chi connectivity index (χ4n) is 1.84. The van der Waals surface area contributed by atoms with Crippen LogP contribution in [0.4, 0.5) is 0 Å². The zero-order valence-electron chi connectivity index (χ0n) is 10.7. The molecule has 0 spiro atoms. The van der Waals surface area contributed by atoms with Crippen molar-refractivity contribution >= 4 is 15.6 Å². The summed E-state index contributed by atoms with van der Waals surface area (Å²) in [5.74, 6) is 0.406. The summed E-state index contributed by atoms with van der Waals surface area (Å²) in [5.41, 5.74) is 1.39. The largest absolute Gasteiger partial charge is 0.493 e. The first-order chi connectivity index (χ1) is 8.23. The molecule has 2 rings (SSSR count). The highest BCUT2D eigenvalue weighted by Gasteiger charge is 2.39. The number of hydrogen-bond donors (Lipinski definition) is 0. The number of carbonyl (C=O) groups excluding carboxylic acids is 1. The zero-order chi connectivity index (χ0) is 13.6. The summed E-state index contributed by atoms with van der Waals surface area (Å²) in [7, 11) is -3.44. The molecule has 0 bridgehead atoms. The van der Waals surface area contributed by atoms with Gasteiger partial charge in [0, 0.05) is 18.2 Å². The number of rotatable bonds is 3. The van der Waals surface area contributed by atoms with Crippen LogP contribution in [0.2, 0.25) is 0 Å². The van der Waals surface area contributed by atoms with Crippen molar-refractivity contribution in [1.82, 2.24) is 0 Å². The van der Waals surface area contributed by atoms with Crippen molar-refractivity contribution in [3.63, 3.8) is 0 Å². The molecule has 18 heavy (non-hydrogen) atoms. The summed E-state index contributed by atoms with van der Waals surface area (Å²) >= 11 is 0. The van der Waals surface area contributed by atoms with Crippen LogP contribution in [0.3, 0.4) is 0 Å². The van der Waals surface area contributed by atoms with E-state index in [1.54, 1.807) is 18.2 Å². The second-order valence-electron chi connectivity index (χ2n) is 5.03. The van der Waals surface area contributed by atoms with Gasteiger partial charge in [-0.05, 0) is 37.6 Å². The van der Waals surface area contributed by atoms with Gasteiger partial charge in [-0.25, -0.2) is 8.42 Å². The second-order valence-corrected chi connectivity index (χ2v) is 7.60. The predicted molar refractivity (Wildman–Crippen MR) is 68.9 cm³/mol. The SMILES string of the molecule is CC(C)(C(=O)c1ccc2c(c1)CCO2)S(C)(=O)=O. The molecule has 1 aliphatic heterocycles. The Balaban J connectivity index is 2.41. The Kier molecular flexibility index (Phi) is 2.97. The average molecular weight is 268 g/mol. The van der Waals surface area contributed by atoms with Crippen LogP contribution in [0.15, 0.2) is 18.2 Å². The number of hydrogen-bond acceptors (Lipinski definition) is 4. The van der Waals surface area contributed by atoms with E-state index in [1.807, 2.05) is 0 Å². The number of carbonyl (C=O) groups is 1. The highest BCUT2D eigenvalue weighted by molar-refractivity contribution is 7.92. The van der Waals surface area contributed by atoms with Crippen molar-refractivity contribution in [3.8, 4) is 5.75 Å². The Morgan fingerprint density at radius 1 is 1.33 bits per heavy atom. The van der Waals surface area contributed by atoms with Gasteiger partial charge in [-0.3, -0.25) is 4.79 Å². The number of benzene rings is 1. The molecule has 0 amide bonds. The van der Waals surface area contributed by atoms with Crippen LogP contribution >= 0.6 is 0 Å². The Hall–Kier alpha value is -1.36. The lowest BCUT2D eigenvalue weighted by atomic mass is 9.98. The molecule has 5 heteroatoms. The fourth-order valence-corrected chi connectivity index (χ4v) is 2.30. The minimum Gasteiger partial charge on any atom is -0.493 e. The third-order valence-corrected chi connectivity index (χ3v) is 5.46. The number of ether oxygens (including phenoxy) is 1. The topological polar surface area (TPSA) is 60.4 Å². The molecule has 0 fully saturated rings. The molecule has 98 valence electrons. The standard InChI is InChI=1S/C13H16O4S/c1-13(2,18(3,15)16)12(14)10-4-5-11-9(8-10)6-7-17-11/h4-5,8H,6-7H2,1-3H3. The van der Waals surface area contributed by atoms with Crippen molar-refractivity contribution in [3.05, 3.63) is 29.3 Å². The molecule has 1 heterocycles. The van der Waals surface area contributed by atoms with E-state index in [0.717, 1.165) is 24.0 Å². The molecule has 0 radical (unpaired) electrons. The van der Waals surface area contributed by atoms with E-state index in [1.165, 1.54) is 13.8 Å². The average Bonchev–Trinajstić information content (AvgIpc) is 2.73. The van der Waals surface area contributed by atoms with Gasteiger partial charge in [-0.15, -0.1) is 0 Å². The molecule has 0 N–H and O–H groups in total. The number of sulfone groups is 1. The molecule has 0 aliphatic carbocycles. The van der Waals surface area contributed by atoms with Gasteiger partial charge in [-0.1, -0.05) is 0 Å². The monoisotopic (exact) mass is 268 g/mol. The van der Waals surface area contributed by atoms with Crippen molar-refractivity contribution in [2.75, 3.05) is 12.9 Å². The van der Waals surface area contributed by atoms with Gasteiger partial charge < -0.3 is 4.74 Å². The summed E-state index contributed by atoms with van der Waals surface area (Å²) in [4.78, 5) is 12.3. The predicted octanol–water partition coefficient (Wildman–Crippen LogP) is 1.63. The van der Waals surface area contributed by atoms with Crippen LogP contribution in [-0.2, 0) is 16.3 Å². The first kappa shape index (κ1) is 13.1. The molecule has 0 saturated heterocycles. The van der Waals surface area contributed by atoms with Crippen molar-refractivity contribution in [2.24, 2.45) is 0 Å². The Morgan fingerprint density at radius 3 is 2.61 bits per heavy atom. The van der Waals surface area contributed by atoms with Crippen LogP contribution in [0, 0.1) is 0 Å². The van der Waals surface area contributed by atoms with E-state index in [0.29, 0.717) is 12.2 Å². The highest BCUT2D eigenvalue weighted by Crippen LogP contribution is 2.29. The summed E-state index contributed by atoms with van der Waals surface area (Å²) in [5, 5.41) is 0. The Bertz CT molecular complexity index is 599. The quantitative estimate of drug-likeness (QED) is 0.782. The normalized spacial score (nSPS) is 15.1. The lowest BCUT2D eigenvalue weighted by Crippen LogP contribution is -2.39. The molecule has 0 saturated carbocycles. The van der Waals surface area contributed by atoms with Crippen LogP contribution < -0.4 is 4.74 Å². The van der Waals surface area contributed by atoms with Crippen LogP contribution in [-0.4, -0.2) is 31.8 Å². The first-order valence-electron chi connectivity index (χ1n) is 5.73. The zero-order valence-corrected chi connectivity index (χ0v) is 11.5. The number of ketones is 1. The molecule has 1 aromatic carbocycles. The summed E-state index contributed by atoms with van der Waals surface area (Å²) in [6.45, 7) is 3.49. The van der Waals surface area contributed by atoms with Gasteiger partial charge in [-0.2, -0.15) is 0 Å². The highest BCUT2D eigenvalue weighted by atomic mass is 32.2. The maximum Gasteiger partial charge on any atom is 0.183 e. The van der Waals surface area contributed by atoms with Crippen molar-refractivity contribution in [1.29, 1.82) is 0 Å². The summed E-state index contributed by atoms with van der Waals surface area (Å²) in [6.07, 6.45) is 1.84. The smallest absolute Gasteiger partial charge is 0.183 e. The van der Waals surface area contributed by atoms with Gasteiger partial charge in [0.05, 0.1) is 6.61 Å².